The summed E-state index contributed by atoms with van der Waals surface area (Å²) in [5.74, 6) is -0.473. The molecular weight excluding hydrogens is 335 g/mol. The first-order chi connectivity index (χ1) is 11.7. The molecule has 7 heteroatoms. The third-order valence-corrected chi connectivity index (χ3v) is 3.40. The molecule has 25 heavy (non-hydrogen) atoms. The van der Waals surface area contributed by atoms with E-state index in [0.717, 1.165) is 24.3 Å². The summed E-state index contributed by atoms with van der Waals surface area (Å²) in [5.41, 5.74) is 0.0904. The van der Waals surface area contributed by atoms with E-state index in [0.29, 0.717) is 11.3 Å². The Hall–Kier alpha value is -2.83. The summed E-state index contributed by atoms with van der Waals surface area (Å²) in [4.78, 5) is 23.5. The number of Topliss-reactive ketones (excluding diaryl/α,β-unsaturated/α-hetero) is 1. The largest absolute Gasteiger partial charge is 0.481 e. The number of amides is 1. The van der Waals surface area contributed by atoms with Crippen LogP contribution in [-0.2, 0) is 11.0 Å². The van der Waals surface area contributed by atoms with Crippen LogP contribution in [0, 0.1) is 0 Å². The van der Waals surface area contributed by atoms with E-state index in [1.165, 1.54) is 19.9 Å². The van der Waals surface area contributed by atoms with Gasteiger partial charge in [0.05, 0.1) is 5.56 Å². The smallest absolute Gasteiger partial charge is 0.416 e. The maximum Gasteiger partial charge on any atom is 0.416 e. The zero-order chi connectivity index (χ0) is 18.6. The number of ether oxygens (including phenoxy) is 1. The molecule has 0 aliphatic carbocycles. The van der Waals surface area contributed by atoms with Gasteiger partial charge in [0.1, 0.15) is 5.75 Å². The summed E-state index contributed by atoms with van der Waals surface area (Å²) in [6.07, 6.45) is -5.36. The fraction of sp³-hybridized carbons (Fsp3) is 0.222. The Labute approximate surface area is 142 Å². The van der Waals surface area contributed by atoms with Crippen LogP contribution in [0.2, 0.25) is 0 Å². The molecule has 0 bridgehead atoms. The quantitative estimate of drug-likeness (QED) is 0.817. The number of benzene rings is 2. The van der Waals surface area contributed by atoms with Gasteiger partial charge in [-0.1, -0.05) is 12.1 Å². The van der Waals surface area contributed by atoms with Gasteiger partial charge in [-0.05, 0) is 50.2 Å². The summed E-state index contributed by atoms with van der Waals surface area (Å²) in [5, 5.41) is 2.60. The Morgan fingerprint density at radius 3 is 2.28 bits per heavy atom. The number of carbonyl (C=O) groups is 2. The average Bonchev–Trinajstić information content (AvgIpc) is 2.54. The lowest BCUT2D eigenvalue weighted by atomic mass is 10.1. The molecule has 0 saturated carbocycles. The van der Waals surface area contributed by atoms with Gasteiger partial charge < -0.3 is 10.1 Å². The van der Waals surface area contributed by atoms with Crippen LogP contribution >= 0.6 is 0 Å². The maximum atomic E-state index is 12.5. The van der Waals surface area contributed by atoms with Gasteiger partial charge in [0.2, 0.25) is 0 Å². The van der Waals surface area contributed by atoms with E-state index in [4.69, 9.17) is 4.74 Å². The van der Waals surface area contributed by atoms with Gasteiger partial charge in [0, 0.05) is 11.3 Å². The molecule has 132 valence electrons. The molecule has 4 nitrogen and oxygen atoms in total. The minimum absolute atomic E-state index is 0.134. The van der Waals surface area contributed by atoms with Crippen molar-refractivity contribution in [2.75, 3.05) is 5.32 Å². The minimum atomic E-state index is -4.43. The number of ketones is 1. The van der Waals surface area contributed by atoms with Crippen molar-refractivity contribution in [3.63, 3.8) is 0 Å². The molecular formula is C18H16F3NO3. The monoisotopic (exact) mass is 351 g/mol. The van der Waals surface area contributed by atoms with Gasteiger partial charge in [-0.15, -0.1) is 0 Å². The normalized spacial score (nSPS) is 12.4. The van der Waals surface area contributed by atoms with Crippen molar-refractivity contribution >= 4 is 17.4 Å². The highest BCUT2D eigenvalue weighted by Crippen LogP contribution is 2.30. The Morgan fingerprint density at radius 2 is 1.72 bits per heavy atom. The van der Waals surface area contributed by atoms with Crippen molar-refractivity contribution < 1.29 is 27.5 Å². The molecule has 0 spiro atoms. The Balaban J connectivity index is 2.00. The second kappa shape index (κ2) is 7.38. The lowest BCUT2D eigenvalue weighted by Gasteiger charge is -2.15. The molecule has 0 aromatic heterocycles. The first-order valence-corrected chi connectivity index (χ1v) is 7.42. The molecule has 0 radical (unpaired) electrons. The number of halogens is 3. The van der Waals surface area contributed by atoms with Gasteiger partial charge in [-0.2, -0.15) is 13.2 Å². The first-order valence-electron chi connectivity index (χ1n) is 7.42. The van der Waals surface area contributed by atoms with E-state index < -0.39 is 23.8 Å². The maximum absolute atomic E-state index is 12.5. The molecule has 0 saturated heterocycles. The van der Waals surface area contributed by atoms with Crippen molar-refractivity contribution in [1.82, 2.24) is 0 Å². The number of carbonyl (C=O) groups excluding carboxylic acids is 2. The standard InChI is InChI=1S/C18H16F3NO3/c1-11(23)13-4-3-5-15(10-13)22-17(24)12(2)25-16-8-6-14(7-9-16)18(19,20)21/h3-10,12H,1-2H3,(H,22,24)/t12-/m1/s1. The van der Waals surface area contributed by atoms with Gasteiger partial charge in [0.25, 0.3) is 5.91 Å². The second-order valence-electron chi connectivity index (χ2n) is 5.41. The van der Waals surface area contributed by atoms with E-state index in [2.05, 4.69) is 5.32 Å². The predicted molar refractivity (Wildman–Crippen MR) is 86.6 cm³/mol. The second-order valence-corrected chi connectivity index (χ2v) is 5.41. The average molecular weight is 351 g/mol. The lowest BCUT2D eigenvalue weighted by Crippen LogP contribution is -2.30. The SMILES string of the molecule is CC(=O)c1cccc(NC(=O)[C@@H](C)Oc2ccc(C(F)(F)F)cc2)c1. The van der Waals surface area contributed by atoms with Crippen molar-refractivity contribution in [2.45, 2.75) is 26.1 Å². The first kappa shape index (κ1) is 18.5. The van der Waals surface area contributed by atoms with Crippen LogP contribution in [0.25, 0.3) is 0 Å². The topological polar surface area (TPSA) is 55.4 Å². The van der Waals surface area contributed by atoms with E-state index in [-0.39, 0.29) is 11.5 Å². The van der Waals surface area contributed by atoms with E-state index >= 15 is 0 Å². The summed E-state index contributed by atoms with van der Waals surface area (Å²) in [6.45, 7) is 2.89. The number of rotatable bonds is 5. The molecule has 2 aromatic rings. The molecule has 1 amide bonds. The zero-order valence-corrected chi connectivity index (χ0v) is 13.6. The van der Waals surface area contributed by atoms with Crippen molar-refractivity contribution in [3.05, 3.63) is 59.7 Å². The van der Waals surface area contributed by atoms with Crippen LogP contribution in [-0.4, -0.2) is 17.8 Å². The molecule has 1 N–H and O–H groups in total. The highest BCUT2D eigenvalue weighted by molar-refractivity contribution is 5.98. The summed E-state index contributed by atoms with van der Waals surface area (Å²) in [6, 6.07) is 10.5. The molecule has 0 aliphatic rings. The number of hydrogen-bond acceptors (Lipinski definition) is 3. The van der Waals surface area contributed by atoms with Gasteiger partial charge in [0.15, 0.2) is 11.9 Å². The molecule has 0 unspecified atom stereocenters. The highest BCUT2D eigenvalue weighted by atomic mass is 19.4. The lowest BCUT2D eigenvalue weighted by molar-refractivity contribution is -0.137. The van der Waals surface area contributed by atoms with Crippen molar-refractivity contribution in [1.29, 1.82) is 0 Å². The van der Waals surface area contributed by atoms with E-state index in [1.807, 2.05) is 0 Å². The van der Waals surface area contributed by atoms with Crippen LogP contribution in [0.4, 0.5) is 18.9 Å². The number of nitrogens with one attached hydrogen (secondary N) is 1. The Morgan fingerprint density at radius 1 is 1.08 bits per heavy atom. The highest BCUT2D eigenvalue weighted by Gasteiger charge is 2.30. The third kappa shape index (κ3) is 5.07. The number of anilines is 1. The van der Waals surface area contributed by atoms with Gasteiger partial charge in [-0.3, -0.25) is 9.59 Å². The van der Waals surface area contributed by atoms with Crippen molar-refractivity contribution in [2.24, 2.45) is 0 Å². The summed E-state index contributed by atoms with van der Waals surface area (Å²) in [7, 11) is 0. The predicted octanol–water partition coefficient (Wildman–Crippen LogP) is 4.31. The zero-order valence-electron chi connectivity index (χ0n) is 13.6. The van der Waals surface area contributed by atoms with E-state index in [1.54, 1.807) is 18.2 Å². The minimum Gasteiger partial charge on any atom is -0.481 e. The van der Waals surface area contributed by atoms with Crippen LogP contribution in [0.15, 0.2) is 48.5 Å². The summed E-state index contributed by atoms with van der Waals surface area (Å²) < 4.78 is 42.9. The fourth-order valence-electron chi connectivity index (χ4n) is 2.04. The van der Waals surface area contributed by atoms with E-state index in [9.17, 15) is 22.8 Å². The van der Waals surface area contributed by atoms with Crippen LogP contribution in [0.3, 0.4) is 0 Å². The van der Waals surface area contributed by atoms with Gasteiger partial charge in [-0.25, -0.2) is 0 Å². The molecule has 2 aromatic carbocycles. The van der Waals surface area contributed by atoms with Crippen molar-refractivity contribution in [3.8, 4) is 5.75 Å². The Bertz CT molecular complexity index is 770. The summed E-state index contributed by atoms with van der Waals surface area (Å²) >= 11 is 0. The Kier molecular flexibility index (Phi) is 5.46. The fourth-order valence-corrected chi connectivity index (χ4v) is 2.04. The third-order valence-electron chi connectivity index (χ3n) is 3.40. The number of alkyl halides is 3. The van der Waals surface area contributed by atoms with Crippen LogP contribution in [0.5, 0.6) is 5.75 Å². The molecule has 0 fully saturated rings. The van der Waals surface area contributed by atoms with Crippen LogP contribution in [0.1, 0.15) is 29.8 Å². The molecule has 0 heterocycles. The molecule has 2 rings (SSSR count). The van der Waals surface area contributed by atoms with Crippen LogP contribution < -0.4 is 10.1 Å². The number of hydrogen-bond donors (Lipinski definition) is 1. The molecule has 0 aliphatic heterocycles. The van der Waals surface area contributed by atoms with Gasteiger partial charge >= 0.3 is 6.18 Å². The molecule has 1 atom stereocenters.